The van der Waals surface area contributed by atoms with E-state index >= 15 is 0 Å². The summed E-state index contributed by atoms with van der Waals surface area (Å²) in [6.45, 7) is 0.936. The summed E-state index contributed by atoms with van der Waals surface area (Å²) >= 11 is 0. The van der Waals surface area contributed by atoms with Crippen molar-refractivity contribution in [3.63, 3.8) is 0 Å². The van der Waals surface area contributed by atoms with Gasteiger partial charge in [-0.2, -0.15) is 0 Å². The minimum atomic E-state index is 0.936. The molecule has 1 radical (unpaired) electrons. The van der Waals surface area contributed by atoms with E-state index in [4.69, 9.17) is 0 Å². The Labute approximate surface area is 54.6 Å². The lowest BCUT2D eigenvalue weighted by Gasteiger charge is -2.03. The van der Waals surface area contributed by atoms with Gasteiger partial charge in [0.15, 0.2) is 0 Å². The van der Waals surface area contributed by atoms with Crippen molar-refractivity contribution < 1.29 is 0 Å². The molecule has 47 valence electrons. The Balaban J connectivity index is 2.28. The van der Waals surface area contributed by atoms with Crippen LogP contribution in [0.1, 0.15) is 12.8 Å². The average molecular weight is 121 g/mol. The Morgan fingerprint density at radius 1 is 1.56 bits per heavy atom. The third-order valence-electron chi connectivity index (χ3n) is 1.72. The molecule has 0 aromatic rings. The lowest BCUT2D eigenvalue weighted by Crippen LogP contribution is -2.15. The largest absolute Gasteiger partial charge is 0.209 e. The van der Waals surface area contributed by atoms with Gasteiger partial charge in [-0.15, -0.1) is 0 Å². The van der Waals surface area contributed by atoms with E-state index in [9.17, 15) is 0 Å². The van der Waals surface area contributed by atoms with E-state index in [0.29, 0.717) is 0 Å². The first-order chi connectivity index (χ1) is 4.47. The molecular weight excluding hydrogens is 112 g/mol. The third kappa shape index (κ3) is 0.754. The minimum absolute atomic E-state index is 0.936. The number of nitrogens with zero attached hydrogens (tertiary/aromatic N) is 1. The van der Waals surface area contributed by atoms with Crippen LogP contribution in [0.2, 0.25) is 0 Å². The number of nitrogens with one attached hydrogen (secondary N) is 1. The molecule has 2 rings (SSSR count). The minimum Gasteiger partial charge on any atom is -0.209 e. The topological polar surface area (TPSA) is 26.1 Å². The van der Waals surface area contributed by atoms with Crippen LogP contribution in [0, 0.1) is 0 Å². The molecule has 2 nitrogen and oxygen atoms in total. The Hall–Kier alpha value is -0.760. The standard InChI is InChI=1S/C7H9N2/c1-2-4-7-6(3-1)5-8-9-7/h1,3,8H,2,4-5H2. The molecule has 0 spiro atoms. The highest BCUT2D eigenvalue weighted by atomic mass is 15.4. The molecule has 1 heterocycles. The number of hydrogen-bond acceptors (Lipinski definition) is 1. The second-order valence-corrected chi connectivity index (χ2v) is 2.36. The van der Waals surface area contributed by atoms with Gasteiger partial charge in [-0.3, -0.25) is 0 Å². The van der Waals surface area contributed by atoms with Crippen LogP contribution < -0.4 is 10.9 Å². The quantitative estimate of drug-likeness (QED) is 0.502. The SMILES string of the molecule is C1=CC2=C(CC1)[N]NC2. The molecule has 0 aromatic carbocycles. The van der Waals surface area contributed by atoms with Crippen LogP contribution >= 0.6 is 0 Å². The highest BCUT2D eigenvalue weighted by Gasteiger charge is 2.14. The first-order valence-electron chi connectivity index (χ1n) is 3.29. The molecule has 0 bridgehead atoms. The summed E-state index contributed by atoms with van der Waals surface area (Å²) in [5.74, 6) is 0. The molecule has 2 aliphatic rings. The van der Waals surface area contributed by atoms with E-state index in [1.54, 1.807) is 0 Å². The van der Waals surface area contributed by atoms with E-state index in [1.807, 2.05) is 0 Å². The normalized spacial score (nSPS) is 24.0. The maximum absolute atomic E-state index is 4.14. The van der Waals surface area contributed by atoms with Gasteiger partial charge in [-0.05, 0) is 18.4 Å². The van der Waals surface area contributed by atoms with Crippen molar-refractivity contribution in [2.75, 3.05) is 6.54 Å². The van der Waals surface area contributed by atoms with Crippen molar-refractivity contribution in [3.05, 3.63) is 23.4 Å². The molecule has 0 saturated heterocycles. The zero-order chi connectivity index (χ0) is 6.10. The summed E-state index contributed by atoms with van der Waals surface area (Å²) in [5, 5.41) is 0. The van der Waals surface area contributed by atoms with E-state index in [2.05, 4.69) is 23.0 Å². The van der Waals surface area contributed by atoms with E-state index in [-0.39, 0.29) is 0 Å². The van der Waals surface area contributed by atoms with E-state index < -0.39 is 0 Å². The Bertz CT molecular complexity index is 179. The maximum Gasteiger partial charge on any atom is 0.0596 e. The van der Waals surface area contributed by atoms with Gasteiger partial charge in [-0.1, -0.05) is 12.2 Å². The summed E-state index contributed by atoms with van der Waals surface area (Å²) in [6.07, 6.45) is 6.66. The first-order valence-corrected chi connectivity index (χ1v) is 3.29. The summed E-state index contributed by atoms with van der Waals surface area (Å²) < 4.78 is 0. The Kier molecular flexibility index (Phi) is 1.06. The summed E-state index contributed by atoms with van der Waals surface area (Å²) in [7, 11) is 0. The summed E-state index contributed by atoms with van der Waals surface area (Å²) in [4.78, 5) is 0. The summed E-state index contributed by atoms with van der Waals surface area (Å²) in [5.41, 5.74) is 9.74. The van der Waals surface area contributed by atoms with E-state index in [1.165, 1.54) is 11.3 Å². The molecule has 9 heavy (non-hydrogen) atoms. The average Bonchev–Trinajstić information content (AvgIpc) is 2.33. The molecule has 0 saturated carbocycles. The monoisotopic (exact) mass is 121 g/mol. The van der Waals surface area contributed by atoms with Crippen LogP contribution in [-0.4, -0.2) is 6.54 Å². The van der Waals surface area contributed by atoms with Crippen LogP contribution in [0.5, 0.6) is 0 Å². The van der Waals surface area contributed by atoms with Gasteiger partial charge < -0.3 is 0 Å². The van der Waals surface area contributed by atoms with Gasteiger partial charge in [0.1, 0.15) is 0 Å². The maximum atomic E-state index is 4.14. The van der Waals surface area contributed by atoms with E-state index in [0.717, 1.165) is 19.4 Å². The fraction of sp³-hybridized carbons (Fsp3) is 0.429. The van der Waals surface area contributed by atoms with Crippen LogP contribution in [0.25, 0.3) is 0 Å². The Morgan fingerprint density at radius 3 is 3.44 bits per heavy atom. The fourth-order valence-corrected chi connectivity index (χ4v) is 1.21. The molecule has 2 heteroatoms. The van der Waals surface area contributed by atoms with Crippen LogP contribution in [0.4, 0.5) is 0 Å². The lowest BCUT2D eigenvalue weighted by molar-refractivity contribution is 0.661. The zero-order valence-electron chi connectivity index (χ0n) is 5.22. The second kappa shape index (κ2) is 1.88. The predicted molar refractivity (Wildman–Crippen MR) is 35.5 cm³/mol. The highest BCUT2D eigenvalue weighted by Crippen LogP contribution is 2.18. The fourth-order valence-electron chi connectivity index (χ4n) is 1.21. The molecule has 0 fully saturated rings. The lowest BCUT2D eigenvalue weighted by atomic mass is 10.1. The molecule has 0 amide bonds. The van der Waals surface area contributed by atoms with Crippen LogP contribution in [0.15, 0.2) is 23.4 Å². The van der Waals surface area contributed by atoms with Crippen LogP contribution in [-0.2, 0) is 0 Å². The zero-order valence-corrected chi connectivity index (χ0v) is 5.22. The predicted octanol–water partition coefficient (Wildman–Crippen LogP) is 0.713. The second-order valence-electron chi connectivity index (χ2n) is 2.36. The van der Waals surface area contributed by atoms with Crippen molar-refractivity contribution in [2.24, 2.45) is 0 Å². The first kappa shape index (κ1) is 5.06. The highest BCUT2D eigenvalue weighted by molar-refractivity contribution is 5.31. The van der Waals surface area contributed by atoms with Gasteiger partial charge in [0.05, 0.1) is 5.70 Å². The molecule has 0 atom stereocenters. The molecule has 1 aliphatic carbocycles. The third-order valence-corrected chi connectivity index (χ3v) is 1.72. The molecular formula is C7H9N2. The van der Waals surface area contributed by atoms with Crippen molar-refractivity contribution in [2.45, 2.75) is 12.8 Å². The molecule has 0 unspecified atom stereocenters. The molecule has 1 N–H and O–H groups in total. The number of allylic oxidation sites excluding steroid dienone is 2. The van der Waals surface area contributed by atoms with Crippen molar-refractivity contribution in [1.82, 2.24) is 10.9 Å². The van der Waals surface area contributed by atoms with Gasteiger partial charge in [0, 0.05) is 6.54 Å². The molecule has 0 aromatic heterocycles. The van der Waals surface area contributed by atoms with Gasteiger partial charge in [-0.25, -0.2) is 10.9 Å². The van der Waals surface area contributed by atoms with Crippen molar-refractivity contribution in [3.8, 4) is 0 Å². The van der Waals surface area contributed by atoms with Crippen LogP contribution in [0.3, 0.4) is 0 Å². The van der Waals surface area contributed by atoms with Gasteiger partial charge >= 0.3 is 0 Å². The van der Waals surface area contributed by atoms with Crippen molar-refractivity contribution in [1.29, 1.82) is 0 Å². The van der Waals surface area contributed by atoms with Crippen molar-refractivity contribution >= 4 is 0 Å². The molecule has 1 aliphatic heterocycles. The van der Waals surface area contributed by atoms with Gasteiger partial charge in [0.25, 0.3) is 0 Å². The smallest absolute Gasteiger partial charge is 0.0596 e. The van der Waals surface area contributed by atoms with Gasteiger partial charge in [0.2, 0.25) is 0 Å². The number of rotatable bonds is 0. The Morgan fingerprint density at radius 2 is 2.56 bits per heavy atom. The number of hydrogen-bond donors (Lipinski definition) is 1. The summed E-state index contributed by atoms with van der Waals surface area (Å²) in [6, 6.07) is 0.